The van der Waals surface area contributed by atoms with Gasteiger partial charge in [0, 0.05) is 36.2 Å². The highest BCUT2D eigenvalue weighted by molar-refractivity contribution is 7.10. The molecule has 0 radical (unpaired) electrons. The maximum atomic E-state index is 12.2. The molecule has 23 heavy (non-hydrogen) atoms. The van der Waals surface area contributed by atoms with Crippen LogP contribution in [0.5, 0.6) is 0 Å². The molecule has 1 amide bonds. The number of carbonyl (C=O) groups is 1. The molecule has 1 aliphatic heterocycles. The van der Waals surface area contributed by atoms with E-state index in [0.29, 0.717) is 42.6 Å². The van der Waals surface area contributed by atoms with Gasteiger partial charge < -0.3 is 9.64 Å². The molecule has 0 unspecified atom stereocenters. The van der Waals surface area contributed by atoms with E-state index in [9.17, 15) is 14.9 Å². The van der Waals surface area contributed by atoms with Crippen LogP contribution >= 0.6 is 11.3 Å². The molecule has 0 atom stereocenters. The molecule has 0 bridgehead atoms. The molecule has 3 rings (SSSR count). The average molecular weight is 333 g/mol. The fourth-order valence-electron chi connectivity index (χ4n) is 2.36. The van der Waals surface area contributed by atoms with Gasteiger partial charge in [0.15, 0.2) is 0 Å². The first-order valence-electron chi connectivity index (χ1n) is 7.18. The first kappa shape index (κ1) is 15.6. The van der Waals surface area contributed by atoms with Crippen LogP contribution in [-0.2, 0) is 16.0 Å². The minimum absolute atomic E-state index is 0.0291. The van der Waals surface area contributed by atoms with Crippen LogP contribution in [0.25, 0.3) is 11.3 Å². The normalized spacial score (nSPS) is 14.7. The lowest BCUT2D eigenvalue weighted by molar-refractivity contribution is -0.384. The zero-order chi connectivity index (χ0) is 16.2. The Kier molecular flexibility index (Phi) is 4.63. The first-order chi connectivity index (χ1) is 11.1. The average Bonchev–Trinajstić information content (AvgIpc) is 3.04. The molecular formula is C15H15N3O4S. The fraction of sp³-hybridized carbons (Fsp3) is 0.333. The minimum atomic E-state index is -0.432. The highest BCUT2D eigenvalue weighted by atomic mass is 32.1. The van der Waals surface area contributed by atoms with E-state index in [4.69, 9.17) is 4.74 Å². The number of morpholine rings is 1. The van der Waals surface area contributed by atoms with Crippen LogP contribution in [0.4, 0.5) is 5.69 Å². The van der Waals surface area contributed by atoms with E-state index in [-0.39, 0.29) is 18.0 Å². The largest absolute Gasteiger partial charge is 0.378 e. The lowest BCUT2D eigenvalue weighted by Gasteiger charge is -2.26. The van der Waals surface area contributed by atoms with E-state index in [2.05, 4.69) is 4.98 Å². The predicted molar refractivity (Wildman–Crippen MR) is 85.3 cm³/mol. The maximum absolute atomic E-state index is 12.2. The van der Waals surface area contributed by atoms with Gasteiger partial charge in [0.2, 0.25) is 5.91 Å². The lowest BCUT2D eigenvalue weighted by atomic mass is 10.1. The third kappa shape index (κ3) is 3.72. The van der Waals surface area contributed by atoms with Crippen LogP contribution in [0.2, 0.25) is 0 Å². The second-order valence-corrected chi connectivity index (χ2v) is 6.05. The molecule has 1 aromatic heterocycles. The zero-order valence-electron chi connectivity index (χ0n) is 12.3. The molecule has 0 spiro atoms. The number of non-ortho nitro benzene ring substituents is 1. The Hall–Kier alpha value is -2.32. The summed E-state index contributed by atoms with van der Waals surface area (Å²) in [4.78, 5) is 28.8. The summed E-state index contributed by atoms with van der Waals surface area (Å²) in [5.74, 6) is 0.0354. The van der Waals surface area contributed by atoms with Crippen molar-refractivity contribution in [2.45, 2.75) is 6.42 Å². The molecule has 1 saturated heterocycles. The van der Waals surface area contributed by atoms with Gasteiger partial charge in [0.1, 0.15) is 5.01 Å². The highest BCUT2D eigenvalue weighted by Gasteiger charge is 2.19. The molecule has 7 nitrogen and oxygen atoms in total. The number of rotatable bonds is 4. The Balaban J connectivity index is 1.71. The van der Waals surface area contributed by atoms with E-state index in [1.54, 1.807) is 17.0 Å². The molecule has 0 saturated carbocycles. The molecule has 1 aromatic carbocycles. The highest BCUT2D eigenvalue weighted by Crippen LogP contribution is 2.25. The van der Waals surface area contributed by atoms with Crippen molar-refractivity contribution in [1.29, 1.82) is 0 Å². The van der Waals surface area contributed by atoms with E-state index in [0.717, 1.165) is 0 Å². The summed E-state index contributed by atoms with van der Waals surface area (Å²) in [7, 11) is 0. The summed E-state index contributed by atoms with van der Waals surface area (Å²) in [5.41, 5.74) is 1.37. The molecule has 0 N–H and O–H groups in total. The molecule has 1 aliphatic rings. The number of nitro benzene ring substituents is 1. The number of nitrogens with zero attached hydrogens (tertiary/aromatic N) is 3. The van der Waals surface area contributed by atoms with Gasteiger partial charge in [-0.15, -0.1) is 11.3 Å². The number of ether oxygens (including phenoxy) is 1. The van der Waals surface area contributed by atoms with Crippen LogP contribution in [0.1, 0.15) is 5.01 Å². The zero-order valence-corrected chi connectivity index (χ0v) is 13.1. The Morgan fingerprint density at radius 2 is 2.17 bits per heavy atom. The van der Waals surface area contributed by atoms with E-state index >= 15 is 0 Å². The monoisotopic (exact) mass is 333 g/mol. The smallest absolute Gasteiger partial charge is 0.270 e. The van der Waals surface area contributed by atoms with E-state index < -0.39 is 4.92 Å². The third-order valence-corrected chi connectivity index (χ3v) is 4.42. The van der Waals surface area contributed by atoms with Crippen molar-refractivity contribution >= 4 is 22.9 Å². The van der Waals surface area contributed by atoms with E-state index in [1.165, 1.54) is 23.5 Å². The molecular weight excluding hydrogens is 318 g/mol. The quantitative estimate of drug-likeness (QED) is 0.632. The molecule has 1 fully saturated rings. The third-order valence-electron chi connectivity index (χ3n) is 3.57. The molecule has 8 heteroatoms. The first-order valence-corrected chi connectivity index (χ1v) is 8.06. The summed E-state index contributed by atoms with van der Waals surface area (Å²) in [6.07, 6.45) is 0.250. The number of amides is 1. The topological polar surface area (TPSA) is 85.6 Å². The van der Waals surface area contributed by atoms with Crippen LogP contribution in [0, 0.1) is 10.1 Å². The predicted octanol–water partition coefficient (Wildman–Crippen LogP) is 2.12. The van der Waals surface area contributed by atoms with Crippen LogP contribution in [0.15, 0.2) is 29.6 Å². The van der Waals surface area contributed by atoms with Crippen molar-refractivity contribution in [3.05, 3.63) is 44.8 Å². The van der Waals surface area contributed by atoms with Crippen molar-refractivity contribution < 1.29 is 14.5 Å². The Morgan fingerprint density at radius 3 is 2.91 bits per heavy atom. The molecule has 2 heterocycles. The Morgan fingerprint density at radius 1 is 1.39 bits per heavy atom. The van der Waals surface area contributed by atoms with Gasteiger partial charge >= 0.3 is 0 Å². The van der Waals surface area contributed by atoms with Gasteiger partial charge in [0.05, 0.1) is 30.3 Å². The van der Waals surface area contributed by atoms with Gasteiger partial charge in [-0.1, -0.05) is 12.1 Å². The molecule has 2 aromatic rings. The van der Waals surface area contributed by atoms with Crippen molar-refractivity contribution in [2.24, 2.45) is 0 Å². The molecule has 0 aliphatic carbocycles. The summed E-state index contributed by atoms with van der Waals surface area (Å²) < 4.78 is 5.23. The summed E-state index contributed by atoms with van der Waals surface area (Å²) in [6, 6.07) is 6.34. The van der Waals surface area contributed by atoms with Gasteiger partial charge in [-0.25, -0.2) is 4.98 Å². The number of thiazole rings is 1. The van der Waals surface area contributed by atoms with Gasteiger partial charge in [-0.05, 0) is 0 Å². The van der Waals surface area contributed by atoms with Crippen LogP contribution in [-0.4, -0.2) is 47.0 Å². The second kappa shape index (κ2) is 6.84. The standard InChI is InChI=1S/C15H15N3O4S/c19-15(17-4-6-22-7-5-17)9-14-16-13(10-23-14)11-2-1-3-12(8-11)18(20)21/h1-3,8,10H,4-7,9H2. The number of hydrogen-bond acceptors (Lipinski definition) is 6. The minimum Gasteiger partial charge on any atom is -0.378 e. The number of aromatic nitrogens is 1. The van der Waals surface area contributed by atoms with Crippen LogP contribution in [0.3, 0.4) is 0 Å². The van der Waals surface area contributed by atoms with Gasteiger partial charge in [-0.2, -0.15) is 0 Å². The van der Waals surface area contributed by atoms with Crippen LogP contribution < -0.4 is 0 Å². The number of nitro groups is 1. The second-order valence-electron chi connectivity index (χ2n) is 5.10. The summed E-state index contributed by atoms with van der Waals surface area (Å²) in [6.45, 7) is 2.37. The van der Waals surface area contributed by atoms with Crippen molar-refractivity contribution in [3.63, 3.8) is 0 Å². The summed E-state index contributed by atoms with van der Waals surface area (Å²) >= 11 is 1.39. The Labute approximate surface area is 136 Å². The van der Waals surface area contributed by atoms with Gasteiger partial charge in [-0.3, -0.25) is 14.9 Å². The van der Waals surface area contributed by atoms with Crippen molar-refractivity contribution in [2.75, 3.05) is 26.3 Å². The number of hydrogen-bond donors (Lipinski definition) is 0. The van der Waals surface area contributed by atoms with Crippen molar-refractivity contribution in [1.82, 2.24) is 9.88 Å². The maximum Gasteiger partial charge on any atom is 0.270 e. The van der Waals surface area contributed by atoms with Gasteiger partial charge in [0.25, 0.3) is 5.69 Å². The Bertz CT molecular complexity index is 725. The van der Waals surface area contributed by atoms with E-state index in [1.807, 2.05) is 5.38 Å². The SMILES string of the molecule is O=C(Cc1nc(-c2cccc([N+](=O)[O-])c2)cs1)N1CCOCC1. The summed E-state index contributed by atoms with van der Waals surface area (Å²) in [5, 5.41) is 13.4. The molecule has 120 valence electrons. The number of benzene rings is 1. The fourth-order valence-corrected chi connectivity index (χ4v) is 3.15. The number of carbonyl (C=O) groups excluding carboxylic acids is 1. The van der Waals surface area contributed by atoms with Crippen molar-refractivity contribution in [3.8, 4) is 11.3 Å². The lowest BCUT2D eigenvalue weighted by Crippen LogP contribution is -2.41.